The summed E-state index contributed by atoms with van der Waals surface area (Å²) in [6, 6.07) is 0. The standard InChI is InChI=1S/C6H7N6/c1-4-5(3-7-8-4)6-9-11-12(2)10-6/h1-2H3,(H,7,8). The lowest BCUT2D eigenvalue weighted by atomic mass is 10.2. The van der Waals surface area contributed by atoms with Crippen LogP contribution in [0.15, 0.2) is 0 Å². The number of rotatable bonds is 1. The Labute approximate surface area is 68.6 Å². The minimum atomic E-state index is 0.545. The number of hydrogen-bond acceptors (Lipinski definition) is 4. The van der Waals surface area contributed by atoms with Gasteiger partial charge in [0.15, 0.2) is 0 Å². The molecule has 0 aliphatic carbocycles. The van der Waals surface area contributed by atoms with Crippen LogP contribution in [0.5, 0.6) is 0 Å². The molecule has 0 saturated heterocycles. The third-order valence-electron chi connectivity index (χ3n) is 1.50. The van der Waals surface area contributed by atoms with Crippen molar-refractivity contribution in [1.29, 1.82) is 0 Å². The molecule has 0 saturated carbocycles. The van der Waals surface area contributed by atoms with Gasteiger partial charge in [-0.15, -0.1) is 10.2 Å². The number of tetrazole rings is 1. The van der Waals surface area contributed by atoms with Crippen LogP contribution in [0.1, 0.15) is 5.69 Å². The van der Waals surface area contributed by atoms with Crippen LogP contribution >= 0.6 is 0 Å². The van der Waals surface area contributed by atoms with E-state index in [2.05, 4.69) is 31.8 Å². The van der Waals surface area contributed by atoms with Crippen LogP contribution in [0.4, 0.5) is 0 Å². The Balaban J connectivity index is 2.50. The first-order chi connectivity index (χ1) is 5.77. The highest BCUT2D eigenvalue weighted by molar-refractivity contribution is 5.54. The summed E-state index contributed by atoms with van der Waals surface area (Å²) in [5.41, 5.74) is 1.59. The average Bonchev–Trinajstić information content (AvgIpc) is 2.58. The highest BCUT2D eigenvalue weighted by Gasteiger charge is 2.09. The van der Waals surface area contributed by atoms with Crippen molar-refractivity contribution in [2.45, 2.75) is 6.92 Å². The molecule has 0 amide bonds. The van der Waals surface area contributed by atoms with Gasteiger partial charge in [0.2, 0.25) is 5.82 Å². The number of hydrogen-bond donors (Lipinski definition) is 1. The molecular formula is C6H7N6. The number of nitrogens with one attached hydrogen (secondary N) is 1. The van der Waals surface area contributed by atoms with Crippen LogP contribution in [-0.4, -0.2) is 30.4 Å². The maximum Gasteiger partial charge on any atom is 0.209 e. The molecular weight excluding hydrogens is 156 g/mol. The minimum Gasteiger partial charge on any atom is -0.275 e. The van der Waals surface area contributed by atoms with Gasteiger partial charge in [0, 0.05) is 0 Å². The Hall–Kier alpha value is -1.72. The molecule has 0 aliphatic heterocycles. The maximum absolute atomic E-state index is 4.02. The summed E-state index contributed by atoms with van der Waals surface area (Å²) in [5, 5.41) is 18.1. The van der Waals surface area contributed by atoms with E-state index in [0.29, 0.717) is 5.82 Å². The predicted molar refractivity (Wildman–Crippen MR) is 40.0 cm³/mol. The summed E-state index contributed by atoms with van der Waals surface area (Å²) >= 11 is 0. The van der Waals surface area contributed by atoms with E-state index in [-0.39, 0.29) is 0 Å². The molecule has 1 radical (unpaired) electrons. The first kappa shape index (κ1) is 6.96. The summed E-state index contributed by atoms with van der Waals surface area (Å²) in [5.74, 6) is 0.545. The van der Waals surface area contributed by atoms with E-state index in [1.54, 1.807) is 7.05 Å². The van der Waals surface area contributed by atoms with Gasteiger partial charge in [-0.05, 0) is 12.1 Å². The van der Waals surface area contributed by atoms with Gasteiger partial charge in [-0.2, -0.15) is 9.90 Å². The van der Waals surface area contributed by atoms with Gasteiger partial charge in [0.25, 0.3) is 0 Å². The molecule has 0 aliphatic rings. The minimum absolute atomic E-state index is 0.545. The summed E-state index contributed by atoms with van der Waals surface area (Å²) in [7, 11) is 1.71. The van der Waals surface area contributed by atoms with Gasteiger partial charge >= 0.3 is 0 Å². The molecule has 2 rings (SSSR count). The second-order valence-electron chi connectivity index (χ2n) is 2.41. The fraction of sp³-hybridized carbons (Fsp3) is 0.333. The average molecular weight is 163 g/mol. The smallest absolute Gasteiger partial charge is 0.209 e. The van der Waals surface area contributed by atoms with Crippen LogP contribution in [0.2, 0.25) is 0 Å². The number of H-pyrrole nitrogens is 1. The molecule has 0 unspecified atom stereocenters. The lowest BCUT2D eigenvalue weighted by Crippen LogP contribution is -1.91. The number of aryl methyl sites for hydroxylation is 2. The van der Waals surface area contributed by atoms with Crippen LogP contribution < -0.4 is 0 Å². The first-order valence-electron chi connectivity index (χ1n) is 3.44. The molecule has 6 nitrogen and oxygen atoms in total. The second-order valence-corrected chi connectivity index (χ2v) is 2.41. The topological polar surface area (TPSA) is 72.3 Å². The van der Waals surface area contributed by atoms with Crippen LogP contribution in [0, 0.1) is 13.1 Å². The van der Waals surface area contributed by atoms with Gasteiger partial charge in [0.05, 0.1) is 24.5 Å². The van der Waals surface area contributed by atoms with Crippen LogP contribution in [-0.2, 0) is 7.05 Å². The summed E-state index contributed by atoms with van der Waals surface area (Å²) in [6.45, 7) is 1.86. The number of nitrogens with zero attached hydrogens (tertiary/aromatic N) is 5. The van der Waals surface area contributed by atoms with Crippen molar-refractivity contribution < 1.29 is 0 Å². The SMILES string of the molecule is Cc1n[nH][c]c1-c1nnn(C)n1. The van der Waals surface area contributed by atoms with Crippen molar-refractivity contribution in [2.75, 3.05) is 0 Å². The van der Waals surface area contributed by atoms with E-state index in [4.69, 9.17) is 0 Å². The molecule has 61 valence electrons. The predicted octanol–water partition coefficient (Wildman–Crippen LogP) is -0.291. The zero-order valence-corrected chi connectivity index (χ0v) is 6.74. The van der Waals surface area contributed by atoms with Crippen molar-refractivity contribution in [1.82, 2.24) is 30.4 Å². The van der Waals surface area contributed by atoms with Crippen molar-refractivity contribution in [2.24, 2.45) is 7.05 Å². The van der Waals surface area contributed by atoms with Crippen molar-refractivity contribution in [3.63, 3.8) is 0 Å². The highest BCUT2D eigenvalue weighted by Crippen LogP contribution is 2.13. The molecule has 2 aromatic heterocycles. The molecule has 0 atom stereocenters. The Morgan fingerprint density at radius 3 is 2.83 bits per heavy atom. The van der Waals surface area contributed by atoms with Gasteiger partial charge in [-0.3, -0.25) is 5.10 Å². The number of aromatic nitrogens is 6. The fourth-order valence-electron chi connectivity index (χ4n) is 0.916. The lowest BCUT2D eigenvalue weighted by Gasteiger charge is -1.85. The van der Waals surface area contributed by atoms with E-state index in [9.17, 15) is 0 Å². The Morgan fingerprint density at radius 1 is 1.50 bits per heavy atom. The van der Waals surface area contributed by atoms with E-state index in [0.717, 1.165) is 11.3 Å². The summed E-state index contributed by atoms with van der Waals surface area (Å²) < 4.78 is 0. The largest absolute Gasteiger partial charge is 0.275 e. The quantitative estimate of drug-likeness (QED) is 0.627. The van der Waals surface area contributed by atoms with Crippen molar-refractivity contribution in [3.8, 4) is 11.4 Å². The Bertz CT molecular complexity index is 386. The third kappa shape index (κ3) is 0.969. The molecule has 2 aromatic rings. The van der Waals surface area contributed by atoms with E-state index in [1.807, 2.05) is 6.92 Å². The summed E-state index contributed by atoms with van der Waals surface area (Å²) in [4.78, 5) is 1.40. The van der Waals surface area contributed by atoms with Gasteiger partial charge in [0.1, 0.15) is 0 Å². The molecule has 0 spiro atoms. The zero-order valence-electron chi connectivity index (χ0n) is 6.74. The molecule has 0 bridgehead atoms. The first-order valence-corrected chi connectivity index (χ1v) is 3.44. The van der Waals surface area contributed by atoms with Crippen molar-refractivity contribution >= 4 is 0 Å². The maximum atomic E-state index is 4.02. The van der Waals surface area contributed by atoms with Gasteiger partial charge in [-0.1, -0.05) is 0 Å². The van der Waals surface area contributed by atoms with E-state index < -0.39 is 0 Å². The molecule has 12 heavy (non-hydrogen) atoms. The van der Waals surface area contributed by atoms with E-state index >= 15 is 0 Å². The van der Waals surface area contributed by atoms with Crippen LogP contribution in [0.3, 0.4) is 0 Å². The Kier molecular flexibility index (Phi) is 1.39. The van der Waals surface area contributed by atoms with Crippen LogP contribution in [0.25, 0.3) is 11.4 Å². The fourth-order valence-corrected chi connectivity index (χ4v) is 0.916. The normalized spacial score (nSPS) is 10.5. The molecule has 6 heteroatoms. The van der Waals surface area contributed by atoms with Gasteiger partial charge < -0.3 is 0 Å². The Morgan fingerprint density at radius 2 is 2.33 bits per heavy atom. The van der Waals surface area contributed by atoms with Crippen molar-refractivity contribution in [3.05, 3.63) is 11.9 Å². The monoisotopic (exact) mass is 163 g/mol. The number of aromatic amines is 1. The lowest BCUT2D eigenvalue weighted by molar-refractivity contribution is 0.630. The molecule has 0 fully saturated rings. The zero-order chi connectivity index (χ0) is 8.55. The molecule has 2 heterocycles. The summed E-state index contributed by atoms with van der Waals surface area (Å²) in [6.07, 6.45) is 2.82. The third-order valence-corrected chi connectivity index (χ3v) is 1.50. The molecule has 1 N–H and O–H groups in total. The van der Waals surface area contributed by atoms with Gasteiger partial charge in [-0.25, -0.2) is 0 Å². The second kappa shape index (κ2) is 2.40. The molecule has 0 aromatic carbocycles. The van der Waals surface area contributed by atoms with E-state index in [1.165, 1.54) is 4.80 Å². The highest BCUT2D eigenvalue weighted by atomic mass is 15.6.